The van der Waals surface area contributed by atoms with Crippen LogP contribution < -0.4 is 0 Å². The lowest BCUT2D eigenvalue weighted by atomic mass is 10.2. The maximum atomic E-state index is 12.7. The SMILES string of the molecule is FC(F)(F)c1[nH]cnc1-c1noc(C2CCCO2)n1. The molecule has 19 heavy (non-hydrogen) atoms. The third-order valence-electron chi connectivity index (χ3n) is 2.78. The van der Waals surface area contributed by atoms with Crippen LogP contribution in [0.5, 0.6) is 0 Å². The molecule has 1 unspecified atom stereocenters. The van der Waals surface area contributed by atoms with Crippen LogP contribution in [0, 0.1) is 0 Å². The second-order valence-electron chi connectivity index (χ2n) is 4.08. The van der Waals surface area contributed by atoms with E-state index >= 15 is 0 Å². The minimum atomic E-state index is -4.55. The van der Waals surface area contributed by atoms with E-state index in [9.17, 15) is 13.2 Å². The van der Waals surface area contributed by atoms with Gasteiger partial charge in [0.25, 0.3) is 5.89 Å². The summed E-state index contributed by atoms with van der Waals surface area (Å²) in [5.74, 6) is -0.0114. The van der Waals surface area contributed by atoms with Crippen molar-refractivity contribution < 1.29 is 22.4 Å². The zero-order valence-electron chi connectivity index (χ0n) is 9.57. The molecule has 0 amide bonds. The first-order valence-corrected chi connectivity index (χ1v) is 5.62. The highest BCUT2D eigenvalue weighted by Crippen LogP contribution is 2.34. The second kappa shape index (κ2) is 4.34. The summed E-state index contributed by atoms with van der Waals surface area (Å²) in [6.07, 6.45) is -2.36. The number of imidazole rings is 1. The van der Waals surface area contributed by atoms with Gasteiger partial charge in [0, 0.05) is 6.61 Å². The fourth-order valence-corrected chi connectivity index (χ4v) is 1.91. The predicted octanol–water partition coefficient (Wildman–Crippen LogP) is 2.33. The summed E-state index contributed by atoms with van der Waals surface area (Å²) >= 11 is 0. The summed E-state index contributed by atoms with van der Waals surface area (Å²) in [5.41, 5.74) is -1.37. The Morgan fingerprint density at radius 2 is 2.21 bits per heavy atom. The first-order valence-electron chi connectivity index (χ1n) is 5.62. The summed E-state index contributed by atoms with van der Waals surface area (Å²) in [4.78, 5) is 9.55. The van der Waals surface area contributed by atoms with Gasteiger partial charge in [-0.25, -0.2) is 4.98 Å². The summed E-state index contributed by atoms with van der Waals surface area (Å²) in [5, 5.41) is 3.53. The van der Waals surface area contributed by atoms with Crippen LogP contribution in [0.4, 0.5) is 13.2 Å². The van der Waals surface area contributed by atoms with Gasteiger partial charge in [-0.2, -0.15) is 18.2 Å². The molecule has 1 atom stereocenters. The first-order chi connectivity index (χ1) is 9.05. The van der Waals surface area contributed by atoms with Gasteiger partial charge in [-0.15, -0.1) is 0 Å². The van der Waals surface area contributed by atoms with E-state index in [-0.39, 0.29) is 23.5 Å². The Labute approximate surface area is 105 Å². The van der Waals surface area contributed by atoms with Crippen LogP contribution in [-0.4, -0.2) is 26.7 Å². The summed E-state index contributed by atoms with van der Waals surface area (Å²) < 4.78 is 48.3. The highest BCUT2D eigenvalue weighted by atomic mass is 19.4. The molecule has 3 rings (SSSR count). The van der Waals surface area contributed by atoms with E-state index in [2.05, 4.69) is 15.1 Å². The zero-order chi connectivity index (χ0) is 13.5. The average molecular weight is 274 g/mol. The number of hydrogen-bond acceptors (Lipinski definition) is 5. The number of alkyl halides is 3. The number of nitrogens with one attached hydrogen (secondary N) is 1. The van der Waals surface area contributed by atoms with Crippen molar-refractivity contribution in [2.75, 3.05) is 6.61 Å². The van der Waals surface area contributed by atoms with Crippen LogP contribution in [0.25, 0.3) is 11.5 Å². The number of ether oxygens (including phenoxy) is 1. The summed E-state index contributed by atoms with van der Waals surface area (Å²) in [7, 11) is 0. The molecule has 102 valence electrons. The Morgan fingerprint density at radius 3 is 2.89 bits per heavy atom. The number of halogens is 3. The van der Waals surface area contributed by atoms with E-state index in [0.29, 0.717) is 13.0 Å². The number of hydrogen-bond donors (Lipinski definition) is 1. The molecule has 1 aliphatic heterocycles. The lowest BCUT2D eigenvalue weighted by Gasteiger charge is -2.03. The molecular weight excluding hydrogens is 265 g/mol. The van der Waals surface area contributed by atoms with Gasteiger partial charge in [0.2, 0.25) is 5.82 Å². The topological polar surface area (TPSA) is 76.8 Å². The fourth-order valence-electron chi connectivity index (χ4n) is 1.91. The maximum Gasteiger partial charge on any atom is 0.433 e. The van der Waals surface area contributed by atoms with Crippen molar-refractivity contribution in [3.63, 3.8) is 0 Å². The number of rotatable bonds is 2. The fraction of sp³-hybridized carbons (Fsp3) is 0.500. The monoisotopic (exact) mass is 274 g/mol. The molecule has 1 N–H and O–H groups in total. The van der Waals surface area contributed by atoms with Crippen LogP contribution >= 0.6 is 0 Å². The van der Waals surface area contributed by atoms with Crippen LogP contribution in [0.1, 0.15) is 30.5 Å². The number of nitrogens with zero attached hydrogens (tertiary/aromatic N) is 3. The van der Waals surface area contributed by atoms with Crippen molar-refractivity contribution in [2.45, 2.75) is 25.1 Å². The Bertz CT molecular complexity index is 571. The van der Waals surface area contributed by atoms with Gasteiger partial charge in [0.05, 0.1) is 6.33 Å². The molecule has 2 aromatic rings. The minimum absolute atomic E-state index is 0.184. The van der Waals surface area contributed by atoms with E-state index in [1.165, 1.54) is 0 Å². The van der Waals surface area contributed by atoms with E-state index in [0.717, 1.165) is 12.7 Å². The summed E-state index contributed by atoms with van der Waals surface area (Å²) in [6.45, 7) is 0.582. The number of aromatic amines is 1. The van der Waals surface area contributed by atoms with E-state index in [4.69, 9.17) is 9.26 Å². The van der Waals surface area contributed by atoms with Gasteiger partial charge in [0.15, 0.2) is 5.69 Å². The van der Waals surface area contributed by atoms with E-state index in [1.807, 2.05) is 4.98 Å². The Balaban J connectivity index is 1.93. The third kappa shape index (κ3) is 2.21. The normalized spacial score (nSPS) is 20.1. The predicted molar refractivity (Wildman–Crippen MR) is 54.8 cm³/mol. The van der Waals surface area contributed by atoms with Crippen molar-refractivity contribution in [2.24, 2.45) is 0 Å². The van der Waals surface area contributed by atoms with Gasteiger partial charge in [0.1, 0.15) is 11.8 Å². The van der Waals surface area contributed by atoms with E-state index < -0.39 is 11.9 Å². The molecule has 0 aliphatic carbocycles. The minimum Gasteiger partial charge on any atom is -0.368 e. The number of H-pyrrole nitrogens is 1. The second-order valence-corrected chi connectivity index (χ2v) is 4.08. The molecule has 0 bridgehead atoms. The van der Waals surface area contributed by atoms with Crippen molar-refractivity contribution >= 4 is 0 Å². The molecular formula is C10H9F3N4O2. The molecule has 0 spiro atoms. The van der Waals surface area contributed by atoms with Crippen molar-refractivity contribution in [3.05, 3.63) is 17.9 Å². The standard InChI is InChI=1S/C10H9F3N4O2/c11-10(12,13)7-6(14-4-15-7)8-16-9(19-17-8)5-2-1-3-18-5/h4-5H,1-3H2,(H,14,15). The molecule has 1 aliphatic rings. The van der Waals surface area contributed by atoms with Crippen LogP contribution in [0.2, 0.25) is 0 Å². The number of aromatic nitrogens is 4. The lowest BCUT2D eigenvalue weighted by Crippen LogP contribution is -2.07. The molecule has 6 nitrogen and oxygen atoms in total. The molecule has 1 fully saturated rings. The Morgan fingerprint density at radius 1 is 1.37 bits per heavy atom. The smallest absolute Gasteiger partial charge is 0.368 e. The zero-order valence-corrected chi connectivity index (χ0v) is 9.57. The van der Waals surface area contributed by atoms with Crippen molar-refractivity contribution in [3.8, 4) is 11.5 Å². The summed E-state index contributed by atoms with van der Waals surface area (Å²) in [6, 6.07) is 0. The maximum absolute atomic E-state index is 12.7. The molecule has 0 saturated carbocycles. The van der Waals surface area contributed by atoms with Crippen molar-refractivity contribution in [1.29, 1.82) is 0 Å². The molecule has 0 radical (unpaired) electrons. The van der Waals surface area contributed by atoms with Gasteiger partial charge >= 0.3 is 6.18 Å². The molecule has 3 heterocycles. The Kier molecular flexibility index (Phi) is 2.77. The largest absolute Gasteiger partial charge is 0.433 e. The van der Waals surface area contributed by atoms with Gasteiger partial charge in [-0.3, -0.25) is 0 Å². The van der Waals surface area contributed by atoms with Crippen LogP contribution in [0.3, 0.4) is 0 Å². The van der Waals surface area contributed by atoms with E-state index in [1.54, 1.807) is 0 Å². The van der Waals surface area contributed by atoms with Crippen molar-refractivity contribution in [1.82, 2.24) is 20.1 Å². The highest BCUT2D eigenvalue weighted by Gasteiger charge is 2.38. The molecule has 9 heteroatoms. The first kappa shape index (κ1) is 12.2. The highest BCUT2D eigenvalue weighted by molar-refractivity contribution is 5.52. The lowest BCUT2D eigenvalue weighted by molar-refractivity contribution is -0.140. The quantitative estimate of drug-likeness (QED) is 0.909. The van der Waals surface area contributed by atoms with Gasteiger partial charge in [-0.1, -0.05) is 5.16 Å². The van der Waals surface area contributed by atoms with Gasteiger partial charge < -0.3 is 14.2 Å². The van der Waals surface area contributed by atoms with Crippen LogP contribution in [-0.2, 0) is 10.9 Å². The Hall–Kier alpha value is -1.90. The molecule has 1 saturated heterocycles. The average Bonchev–Trinajstić information content (AvgIpc) is 3.09. The molecule has 2 aromatic heterocycles. The van der Waals surface area contributed by atoms with Crippen LogP contribution in [0.15, 0.2) is 10.9 Å². The third-order valence-corrected chi connectivity index (χ3v) is 2.78. The van der Waals surface area contributed by atoms with Gasteiger partial charge in [-0.05, 0) is 12.8 Å². The molecule has 0 aromatic carbocycles.